The number of carbonyl (C=O) groups excluding carboxylic acids is 1. The maximum atomic E-state index is 13.3. The number of anilines is 1. The van der Waals surface area contributed by atoms with Crippen LogP contribution in [0.25, 0.3) is 0 Å². The number of halogens is 2. The number of hydrogen-bond donors (Lipinski definition) is 2. The molecule has 1 amide bonds. The predicted molar refractivity (Wildman–Crippen MR) is 112 cm³/mol. The fourth-order valence-electron chi connectivity index (χ4n) is 2.83. The number of rotatable bonds is 8. The molecule has 9 heteroatoms. The first-order valence-corrected chi connectivity index (χ1v) is 10.7. The van der Waals surface area contributed by atoms with Crippen LogP contribution < -0.4 is 10.0 Å². The normalized spacial score (nSPS) is 11.2. The molecule has 0 unspecified atom stereocenters. The molecule has 0 aliphatic carbocycles. The number of amides is 1. The van der Waals surface area contributed by atoms with Crippen molar-refractivity contribution in [2.45, 2.75) is 18.0 Å². The Labute approximate surface area is 178 Å². The van der Waals surface area contributed by atoms with Crippen molar-refractivity contribution in [3.8, 4) is 0 Å². The smallest absolute Gasteiger partial charge is 0.261 e. The van der Waals surface area contributed by atoms with Crippen molar-refractivity contribution in [3.05, 3.63) is 95.1 Å². The highest BCUT2D eigenvalue weighted by atomic mass is 32.2. The Balaban J connectivity index is 1.63. The van der Waals surface area contributed by atoms with Gasteiger partial charge in [0.1, 0.15) is 0 Å². The molecule has 0 bridgehead atoms. The van der Waals surface area contributed by atoms with Gasteiger partial charge in [0, 0.05) is 24.9 Å². The zero-order valence-electron chi connectivity index (χ0n) is 16.6. The molecule has 162 valence electrons. The molecule has 0 saturated carbocycles. The summed E-state index contributed by atoms with van der Waals surface area (Å²) in [6.07, 6.45) is 0. The van der Waals surface area contributed by atoms with Crippen LogP contribution in [0.1, 0.15) is 21.5 Å². The second-order valence-electron chi connectivity index (χ2n) is 6.69. The fourth-order valence-corrected chi connectivity index (χ4v) is 3.90. The van der Waals surface area contributed by atoms with Gasteiger partial charge in [-0.15, -0.1) is 0 Å². The van der Waals surface area contributed by atoms with E-state index in [2.05, 4.69) is 10.0 Å². The minimum atomic E-state index is -4.11. The largest absolute Gasteiger partial charge is 0.380 e. The van der Waals surface area contributed by atoms with Gasteiger partial charge < -0.3 is 10.1 Å². The molecule has 0 heterocycles. The zero-order valence-corrected chi connectivity index (χ0v) is 17.4. The third-order valence-electron chi connectivity index (χ3n) is 4.36. The Morgan fingerprint density at radius 3 is 2.32 bits per heavy atom. The van der Waals surface area contributed by atoms with E-state index in [1.54, 1.807) is 7.11 Å². The van der Waals surface area contributed by atoms with E-state index in [9.17, 15) is 22.0 Å². The van der Waals surface area contributed by atoms with Crippen LogP contribution in [0.4, 0.5) is 14.5 Å². The van der Waals surface area contributed by atoms with Crippen LogP contribution in [0.3, 0.4) is 0 Å². The van der Waals surface area contributed by atoms with Gasteiger partial charge in [0.05, 0.1) is 11.5 Å². The van der Waals surface area contributed by atoms with E-state index in [1.807, 2.05) is 24.3 Å². The molecular formula is C22H20F2N2O4S. The van der Waals surface area contributed by atoms with Crippen LogP contribution in [0.15, 0.2) is 71.6 Å². The molecule has 3 aromatic rings. The molecule has 6 nitrogen and oxygen atoms in total. The van der Waals surface area contributed by atoms with Crippen LogP contribution in [-0.2, 0) is 27.9 Å². The lowest BCUT2D eigenvalue weighted by Gasteiger charge is -2.10. The summed E-state index contributed by atoms with van der Waals surface area (Å²) in [7, 11) is -2.50. The van der Waals surface area contributed by atoms with Gasteiger partial charge >= 0.3 is 0 Å². The van der Waals surface area contributed by atoms with Crippen LogP contribution in [0, 0.1) is 11.6 Å². The number of nitrogens with one attached hydrogen (secondary N) is 2. The number of methoxy groups -OCH3 is 1. The van der Waals surface area contributed by atoms with E-state index in [0.29, 0.717) is 24.8 Å². The number of carbonyl (C=O) groups is 1. The van der Waals surface area contributed by atoms with Gasteiger partial charge in [0.2, 0.25) is 0 Å². The molecule has 0 aromatic heterocycles. The van der Waals surface area contributed by atoms with Crippen molar-refractivity contribution in [1.82, 2.24) is 5.32 Å². The van der Waals surface area contributed by atoms with E-state index in [-0.39, 0.29) is 11.6 Å². The first-order valence-electron chi connectivity index (χ1n) is 9.21. The molecule has 0 aliphatic rings. The van der Waals surface area contributed by atoms with Gasteiger partial charge in [-0.2, -0.15) is 0 Å². The highest BCUT2D eigenvalue weighted by Gasteiger charge is 2.17. The monoisotopic (exact) mass is 446 g/mol. The van der Waals surface area contributed by atoms with Gasteiger partial charge in [0.25, 0.3) is 15.9 Å². The van der Waals surface area contributed by atoms with Crippen molar-refractivity contribution in [1.29, 1.82) is 0 Å². The van der Waals surface area contributed by atoms with E-state index >= 15 is 0 Å². The Morgan fingerprint density at radius 1 is 0.935 bits per heavy atom. The van der Waals surface area contributed by atoms with Crippen molar-refractivity contribution in [3.63, 3.8) is 0 Å². The first kappa shape index (κ1) is 22.4. The SMILES string of the molecule is COCc1cccc(CNC(=O)c2ccc(NS(=O)(=O)c3ccc(F)c(F)c3)cc2)c1. The quantitative estimate of drug-likeness (QED) is 0.551. The summed E-state index contributed by atoms with van der Waals surface area (Å²) < 4.78 is 58.4. The van der Waals surface area contributed by atoms with Crippen molar-refractivity contribution in [2.24, 2.45) is 0 Å². The predicted octanol–water partition coefficient (Wildman–Crippen LogP) is 3.84. The zero-order chi connectivity index (χ0) is 22.4. The summed E-state index contributed by atoms with van der Waals surface area (Å²) in [6, 6.07) is 15.7. The van der Waals surface area contributed by atoms with Crippen molar-refractivity contribution in [2.75, 3.05) is 11.8 Å². The number of benzene rings is 3. The van der Waals surface area contributed by atoms with E-state index in [4.69, 9.17) is 4.74 Å². The summed E-state index contributed by atoms with van der Waals surface area (Å²) >= 11 is 0. The number of ether oxygens (including phenoxy) is 1. The minimum Gasteiger partial charge on any atom is -0.380 e. The van der Waals surface area contributed by atoms with E-state index in [1.165, 1.54) is 24.3 Å². The van der Waals surface area contributed by atoms with Gasteiger partial charge in [-0.1, -0.05) is 24.3 Å². The maximum absolute atomic E-state index is 13.3. The Hall–Kier alpha value is -3.30. The minimum absolute atomic E-state index is 0.175. The molecule has 0 atom stereocenters. The summed E-state index contributed by atoms with van der Waals surface area (Å²) in [5.74, 6) is -2.73. The molecule has 0 fully saturated rings. The standard InChI is InChI=1S/C22H20F2N2O4S/c1-30-14-16-4-2-3-15(11-16)13-25-22(27)17-5-7-18(8-6-17)26-31(28,29)19-9-10-20(23)21(24)12-19/h2-12,26H,13-14H2,1H3,(H,25,27). The number of hydrogen-bond acceptors (Lipinski definition) is 4. The third kappa shape index (κ3) is 5.87. The lowest BCUT2D eigenvalue weighted by Crippen LogP contribution is -2.22. The summed E-state index contributed by atoms with van der Waals surface area (Å²) in [6.45, 7) is 0.796. The highest BCUT2D eigenvalue weighted by molar-refractivity contribution is 7.92. The molecule has 3 aromatic carbocycles. The van der Waals surface area contributed by atoms with Crippen LogP contribution in [0.2, 0.25) is 0 Å². The lowest BCUT2D eigenvalue weighted by molar-refractivity contribution is 0.0951. The molecule has 31 heavy (non-hydrogen) atoms. The lowest BCUT2D eigenvalue weighted by atomic mass is 10.1. The molecular weight excluding hydrogens is 426 g/mol. The Bertz CT molecular complexity index is 1180. The average Bonchev–Trinajstić information content (AvgIpc) is 2.74. The molecule has 0 radical (unpaired) electrons. The number of sulfonamides is 1. The Morgan fingerprint density at radius 2 is 1.65 bits per heavy atom. The Kier molecular flexibility index (Phi) is 6.98. The van der Waals surface area contributed by atoms with Gasteiger partial charge in [-0.3, -0.25) is 9.52 Å². The van der Waals surface area contributed by atoms with Gasteiger partial charge in [-0.05, 0) is 53.6 Å². The van der Waals surface area contributed by atoms with E-state index < -0.39 is 26.6 Å². The second-order valence-corrected chi connectivity index (χ2v) is 8.38. The topological polar surface area (TPSA) is 84.5 Å². The fraction of sp³-hybridized carbons (Fsp3) is 0.136. The summed E-state index contributed by atoms with van der Waals surface area (Å²) in [4.78, 5) is 12.0. The third-order valence-corrected chi connectivity index (χ3v) is 5.74. The van der Waals surface area contributed by atoms with Gasteiger partial charge in [-0.25, -0.2) is 17.2 Å². The molecule has 3 rings (SSSR count). The summed E-state index contributed by atoms with van der Waals surface area (Å²) in [5.41, 5.74) is 2.42. The first-order chi connectivity index (χ1) is 14.8. The summed E-state index contributed by atoms with van der Waals surface area (Å²) in [5, 5.41) is 2.79. The van der Waals surface area contributed by atoms with E-state index in [0.717, 1.165) is 23.3 Å². The van der Waals surface area contributed by atoms with Crippen molar-refractivity contribution < 1.29 is 26.7 Å². The maximum Gasteiger partial charge on any atom is 0.261 e. The second kappa shape index (κ2) is 9.67. The average molecular weight is 446 g/mol. The van der Waals surface area contributed by atoms with Gasteiger partial charge in [0.15, 0.2) is 11.6 Å². The van der Waals surface area contributed by atoms with Crippen LogP contribution >= 0.6 is 0 Å². The molecule has 0 saturated heterocycles. The molecule has 0 aliphatic heterocycles. The molecule has 0 spiro atoms. The van der Waals surface area contributed by atoms with Crippen LogP contribution in [0.5, 0.6) is 0 Å². The van der Waals surface area contributed by atoms with Crippen molar-refractivity contribution >= 4 is 21.6 Å². The molecule has 2 N–H and O–H groups in total. The van der Waals surface area contributed by atoms with Crippen LogP contribution in [-0.4, -0.2) is 21.4 Å². The highest BCUT2D eigenvalue weighted by Crippen LogP contribution is 2.19.